The van der Waals surface area contributed by atoms with E-state index >= 15 is 0 Å². The molecule has 2 amide bonds. The Morgan fingerprint density at radius 2 is 1.69 bits per heavy atom. The Labute approximate surface area is 172 Å². The second kappa shape index (κ2) is 8.68. The fourth-order valence-electron chi connectivity index (χ4n) is 3.91. The summed E-state index contributed by atoms with van der Waals surface area (Å²) in [7, 11) is 1.66. The molecule has 1 heterocycles. The van der Waals surface area contributed by atoms with E-state index in [2.05, 4.69) is 5.32 Å². The number of piperidine rings is 1. The maximum atomic E-state index is 12.9. The van der Waals surface area contributed by atoms with Gasteiger partial charge in [0.2, 0.25) is 5.91 Å². The Bertz CT molecular complexity index is 866. The summed E-state index contributed by atoms with van der Waals surface area (Å²) in [4.78, 5) is 27.0. The van der Waals surface area contributed by atoms with Gasteiger partial charge in [0.25, 0.3) is 5.91 Å². The minimum absolute atomic E-state index is 0.0331. The van der Waals surface area contributed by atoms with Crippen LogP contribution in [0.5, 0.6) is 5.75 Å². The molecule has 5 heteroatoms. The Hall–Kier alpha value is -2.82. The molecule has 1 aliphatic heterocycles. The number of carbonyl (C=O) groups excluding carboxylic acids is 2. The number of likely N-dealkylation sites (tertiary alicyclic amines) is 1. The summed E-state index contributed by atoms with van der Waals surface area (Å²) in [5, 5.41) is 3.07. The van der Waals surface area contributed by atoms with Gasteiger partial charge in [0, 0.05) is 36.7 Å². The SMILES string of the molecule is COc1ccccc1-c1ccc(C(=O)N2CCC(C(=O)NCC3CC3)CC2)cc1. The number of carbonyl (C=O) groups is 2. The molecule has 152 valence electrons. The summed E-state index contributed by atoms with van der Waals surface area (Å²) in [6.07, 6.45) is 3.95. The van der Waals surface area contributed by atoms with E-state index in [1.807, 2.05) is 53.4 Å². The van der Waals surface area contributed by atoms with Crippen molar-refractivity contribution < 1.29 is 14.3 Å². The van der Waals surface area contributed by atoms with Crippen LogP contribution in [-0.2, 0) is 4.79 Å². The second-order valence-corrected chi connectivity index (χ2v) is 8.03. The number of para-hydroxylation sites is 1. The predicted molar refractivity (Wildman–Crippen MR) is 113 cm³/mol. The zero-order valence-electron chi connectivity index (χ0n) is 16.9. The van der Waals surface area contributed by atoms with Gasteiger partial charge in [-0.25, -0.2) is 0 Å². The van der Waals surface area contributed by atoms with E-state index in [-0.39, 0.29) is 17.7 Å². The first kappa shape index (κ1) is 19.5. The van der Waals surface area contributed by atoms with Crippen molar-refractivity contribution in [2.75, 3.05) is 26.7 Å². The third-order valence-electron chi connectivity index (χ3n) is 5.96. The van der Waals surface area contributed by atoms with Crippen LogP contribution in [-0.4, -0.2) is 43.5 Å². The highest BCUT2D eigenvalue weighted by Gasteiger charge is 2.29. The number of hydrogen-bond donors (Lipinski definition) is 1. The lowest BCUT2D eigenvalue weighted by atomic mass is 9.95. The molecule has 29 heavy (non-hydrogen) atoms. The van der Waals surface area contributed by atoms with Crippen LogP contribution in [0.25, 0.3) is 11.1 Å². The Morgan fingerprint density at radius 1 is 1.00 bits per heavy atom. The largest absolute Gasteiger partial charge is 0.496 e. The highest BCUT2D eigenvalue weighted by molar-refractivity contribution is 5.95. The second-order valence-electron chi connectivity index (χ2n) is 8.03. The van der Waals surface area contributed by atoms with Crippen molar-refractivity contribution in [1.29, 1.82) is 0 Å². The number of ether oxygens (including phenoxy) is 1. The summed E-state index contributed by atoms with van der Waals surface area (Å²) in [6.45, 7) is 2.08. The van der Waals surface area contributed by atoms with Gasteiger partial charge in [-0.05, 0) is 55.4 Å². The Kier molecular flexibility index (Phi) is 5.84. The topological polar surface area (TPSA) is 58.6 Å². The quantitative estimate of drug-likeness (QED) is 0.815. The number of rotatable bonds is 6. The number of nitrogens with one attached hydrogen (secondary N) is 1. The number of benzene rings is 2. The van der Waals surface area contributed by atoms with Crippen LogP contribution in [0.3, 0.4) is 0 Å². The molecule has 1 saturated carbocycles. The highest BCUT2D eigenvalue weighted by atomic mass is 16.5. The summed E-state index contributed by atoms with van der Waals surface area (Å²) in [6, 6.07) is 15.5. The molecule has 2 fully saturated rings. The average molecular weight is 392 g/mol. The zero-order valence-corrected chi connectivity index (χ0v) is 16.9. The molecule has 0 aromatic heterocycles. The minimum Gasteiger partial charge on any atom is -0.496 e. The van der Waals surface area contributed by atoms with E-state index in [4.69, 9.17) is 4.74 Å². The van der Waals surface area contributed by atoms with E-state index in [1.54, 1.807) is 7.11 Å². The van der Waals surface area contributed by atoms with Gasteiger partial charge < -0.3 is 15.0 Å². The zero-order chi connectivity index (χ0) is 20.2. The number of methoxy groups -OCH3 is 1. The molecule has 1 N–H and O–H groups in total. The van der Waals surface area contributed by atoms with Gasteiger partial charge >= 0.3 is 0 Å². The van der Waals surface area contributed by atoms with Crippen LogP contribution in [0.4, 0.5) is 0 Å². The maximum Gasteiger partial charge on any atom is 0.253 e. The van der Waals surface area contributed by atoms with Gasteiger partial charge in [-0.2, -0.15) is 0 Å². The molecule has 0 radical (unpaired) electrons. The molecule has 1 saturated heterocycles. The van der Waals surface area contributed by atoms with Crippen molar-refractivity contribution in [3.63, 3.8) is 0 Å². The van der Waals surface area contributed by atoms with Gasteiger partial charge in [0.15, 0.2) is 0 Å². The molecule has 2 aromatic carbocycles. The van der Waals surface area contributed by atoms with Crippen LogP contribution in [0, 0.1) is 11.8 Å². The van der Waals surface area contributed by atoms with E-state index in [0.717, 1.165) is 36.3 Å². The molecule has 0 bridgehead atoms. The third kappa shape index (κ3) is 4.61. The van der Waals surface area contributed by atoms with E-state index in [9.17, 15) is 9.59 Å². The molecule has 0 spiro atoms. The van der Waals surface area contributed by atoms with Crippen molar-refractivity contribution >= 4 is 11.8 Å². The van der Waals surface area contributed by atoms with Gasteiger partial charge in [-0.15, -0.1) is 0 Å². The Balaban J connectivity index is 1.34. The van der Waals surface area contributed by atoms with Crippen molar-refractivity contribution in [2.24, 2.45) is 11.8 Å². The standard InChI is InChI=1S/C24H28N2O3/c1-29-22-5-3-2-4-21(22)18-8-10-20(11-9-18)24(28)26-14-12-19(13-15-26)23(27)25-16-17-6-7-17/h2-5,8-11,17,19H,6-7,12-16H2,1H3,(H,25,27). The molecule has 4 rings (SSSR count). The number of amides is 2. The monoisotopic (exact) mass is 392 g/mol. The summed E-state index contributed by atoms with van der Waals surface area (Å²) in [5.74, 6) is 1.73. The van der Waals surface area contributed by atoms with Crippen LogP contribution < -0.4 is 10.1 Å². The predicted octanol–water partition coefficient (Wildman–Crippen LogP) is 3.74. The van der Waals surface area contributed by atoms with Gasteiger partial charge in [-0.1, -0.05) is 30.3 Å². The minimum atomic E-state index is 0.0331. The van der Waals surface area contributed by atoms with E-state index in [1.165, 1.54) is 12.8 Å². The molecule has 2 aliphatic rings. The van der Waals surface area contributed by atoms with Crippen LogP contribution in [0.2, 0.25) is 0 Å². The molecular formula is C24H28N2O3. The van der Waals surface area contributed by atoms with Crippen molar-refractivity contribution in [3.8, 4) is 16.9 Å². The molecule has 5 nitrogen and oxygen atoms in total. The molecule has 2 aromatic rings. The Morgan fingerprint density at radius 3 is 2.34 bits per heavy atom. The summed E-state index contributed by atoms with van der Waals surface area (Å²) >= 11 is 0. The fourth-order valence-corrected chi connectivity index (χ4v) is 3.91. The van der Waals surface area contributed by atoms with Crippen molar-refractivity contribution in [3.05, 3.63) is 54.1 Å². The van der Waals surface area contributed by atoms with Crippen LogP contribution >= 0.6 is 0 Å². The van der Waals surface area contributed by atoms with Crippen molar-refractivity contribution in [1.82, 2.24) is 10.2 Å². The van der Waals surface area contributed by atoms with E-state index in [0.29, 0.717) is 24.6 Å². The van der Waals surface area contributed by atoms with Crippen LogP contribution in [0.1, 0.15) is 36.0 Å². The highest BCUT2D eigenvalue weighted by Crippen LogP contribution is 2.30. The number of hydrogen-bond acceptors (Lipinski definition) is 3. The van der Waals surface area contributed by atoms with E-state index < -0.39 is 0 Å². The first-order chi connectivity index (χ1) is 14.2. The molecular weight excluding hydrogens is 364 g/mol. The van der Waals surface area contributed by atoms with Crippen LogP contribution in [0.15, 0.2) is 48.5 Å². The smallest absolute Gasteiger partial charge is 0.253 e. The lowest BCUT2D eigenvalue weighted by molar-refractivity contribution is -0.126. The lowest BCUT2D eigenvalue weighted by Crippen LogP contribution is -2.43. The normalized spacial score (nSPS) is 17.1. The average Bonchev–Trinajstić information content (AvgIpc) is 3.62. The lowest BCUT2D eigenvalue weighted by Gasteiger charge is -2.31. The molecule has 1 aliphatic carbocycles. The first-order valence-corrected chi connectivity index (χ1v) is 10.5. The van der Waals surface area contributed by atoms with Gasteiger partial charge in [-0.3, -0.25) is 9.59 Å². The molecule has 0 atom stereocenters. The van der Waals surface area contributed by atoms with Crippen molar-refractivity contribution in [2.45, 2.75) is 25.7 Å². The fraction of sp³-hybridized carbons (Fsp3) is 0.417. The maximum absolute atomic E-state index is 12.9. The van der Waals surface area contributed by atoms with Gasteiger partial charge in [0.1, 0.15) is 5.75 Å². The third-order valence-corrected chi connectivity index (χ3v) is 5.96. The molecule has 0 unspecified atom stereocenters. The number of nitrogens with zero attached hydrogens (tertiary/aromatic N) is 1. The summed E-state index contributed by atoms with van der Waals surface area (Å²) in [5.41, 5.74) is 2.71. The first-order valence-electron chi connectivity index (χ1n) is 10.5. The summed E-state index contributed by atoms with van der Waals surface area (Å²) < 4.78 is 5.43. The van der Waals surface area contributed by atoms with Gasteiger partial charge in [0.05, 0.1) is 7.11 Å².